The highest BCUT2D eigenvalue weighted by Crippen LogP contribution is 2.15. The van der Waals surface area contributed by atoms with E-state index >= 15 is 0 Å². The molecule has 0 fully saturated rings. The smallest absolute Gasteiger partial charge is 0.143 e. The van der Waals surface area contributed by atoms with E-state index in [9.17, 15) is 0 Å². The van der Waals surface area contributed by atoms with Gasteiger partial charge < -0.3 is 0 Å². The van der Waals surface area contributed by atoms with Gasteiger partial charge in [0.15, 0.2) is 0 Å². The monoisotopic (exact) mass is 227 g/mol. The molecule has 0 bridgehead atoms. The van der Waals surface area contributed by atoms with Crippen LogP contribution < -0.4 is 5.32 Å². The first-order valence-corrected chi connectivity index (χ1v) is 5.31. The lowest BCUT2D eigenvalue weighted by Gasteiger charge is -2.13. The highest BCUT2D eigenvalue weighted by Gasteiger charge is 2.05. The average Bonchev–Trinajstić information content (AvgIpc) is 2.90. The summed E-state index contributed by atoms with van der Waals surface area (Å²) >= 11 is 0. The number of hydrogen-bond donors (Lipinski definition) is 1. The Morgan fingerprint density at radius 3 is 3.12 bits per heavy atom. The first-order valence-electron chi connectivity index (χ1n) is 5.31. The molecule has 0 saturated carbocycles. The van der Waals surface area contributed by atoms with Crippen molar-refractivity contribution in [2.45, 2.75) is 13.0 Å². The van der Waals surface area contributed by atoms with Gasteiger partial charge in [-0.1, -0.05) is 18.1 Å². The third kappa shape index (κ3) is 2.68. The van der Waals surface area contributed by atoms with Crippen LogP contribution in [-0.4, -0.2) is 26.8 Å². The van der Waals surface area contributed by atoms with Gasteiger partial charge in [-0.25, -0.2) is 4.68 Å². The summed E-state index contributed by atoms with van der Waals surface area (Å²) in [7, 11) is 0. The second kappa shape index (κ2) is 5.23. The van der Waals surface area contributed by atoms with E-state index in [1.807, 2.05) is 24.3 Å². The molecule has 5 nitrogen and oxygen atoms in total. The SMILES string of the molecule is C#CCNC(C)c1cccc(-n2cnnn2)c1. The Hall–Kier alpha value is -2.19. The molecular formula is C12H13N5. The van der Waals surface area contributed by atoms with E-state index in [0.29, 0.717) is 6.54 Å². The van der Waals surface area contributed by atoms with Crippen molar-refractivity contribution < 1.29 is 0 Å². The number of tetrazole rings is 1. The first-order chi connectivity index (χ1) is 8.31. The molecule has 2 rings (SSSR count). The molecule has 0 aliphatic heterocycles. The van der Waals surface area contributed by atoms with E-state index in [1.54, 1.807) is 11.0 Å². The molecule has 1 aromatic heterocycles. The molecule has 0 radical (unpaired) electrons. The molecule has 1 N–H and O–H groups in total. The van der Waals surface area contributed by atoms with Gasteiger partial charge in [0.05, 0.1) is 12.2 Å². The fourth-order valence-corrected chi connectivity index (χ4v) is 1.55. The van der Waals surface area contributed by atoms with Gasteiger partial charge in [-0.05, 0) is 35.0 Å². The number of terminal acetylenes is 1. The lowest BCUT2D eigenvalue weighted by molar-refractivity contribution is 0.622. The zero-order valence-electron chi connectivity index (χ0n) is 9.54. The summed E-state index contributed by atoms with van der Waals surface area (Å²) in [6.45, 7) is 2.62. The van der Waals surface area contributed by atoms with Gasteiger partial charge in [-0.3, -0.25) is 5.32 Å². The van der Waals surface area contributed by atoms with E-state index in [2.05, 4.69) is 33.7 Å². The van der Waals surface area contributed by atoms with E-state index in [0.717, 1.165) is 11.3 Å². The van der Waals surface area contributed by atoms with Crippen molar-refractivity contribution in [1.29, 1.82) is 0 Å². The predicted octanol–water partition coefficient (Wildman–Crippen LogP) is 0.946. The molecule has 1 heterocycles. The molecule has 0 saturated heterocycles. The highest BCUT2D eigenvalue weighted by molar-refractivity contribution is 5.35. The maximum absolute atomic E-state index is 5.22. The van der Waals surface area contributed by atoms with E-state index < -0.39 is 0 Å². The molecule has 0 aliphatic rings. The predicted molar refractivity (Wildman–Crippen MR) is 64.4 cm³/mol. The zero-order chi connectivity index (χ0) is 12.1. The molecular weight excluding hydrogens is 214 g/mol. The van der Waals surface area contributed by atoms with E-state index in [4.69, 9.17) is 6.42 Å². The molecule has 2 aromatic rings. The van der Waals surface area contributed by atoms with Crippen LogP contribution in [0.15, 0.2) is 30.6 Å². The third-order valence-electron chi connectivity index (χ3n) is 2.49. The quantitative estimate of drug-likeness (QED) is 0.790. The normalized spacial score (nSPS) is 12.0. The van der Waals surface area contributed by atoms with E-state index in [1.165, 1.54) is 0 Å². The van der Waals surface area contributed by atoms with Crippen molar-refractivity contribution in [2.24, 2.45) is 0 Å². The van der Waals surface area contributed by atoms with Crippen LogP contribution in [0.3, 0.4) is 0 Å². The van der Waals surface area contributed by atoms with Crippen LogP contribution in [0.2, 0.25) is 0 Å². The Bertz CT molecular complexity index is 512. The van der Waals surface area contributed by atoms with E-state index in [-0.39, 0.29) is 6.04 Å². The Labute approximate surface area is 99.8 Å². The van der Waals surface area contributed by atoms with Gasteiger partial charge in [0.25, 0.3) is 0 Å². The second-order valence-electron chi connectivity index (χ2n) is 3.66. The van der Waals surface area contributed by atoms with Crippen LogP contribution in [-0.2, 0) is 0 Å². The molecule has 0 spiro atoms. The van der Waals surface area contributed by atoms with Crippen LogP contribution in [0.25, 0.3) is 5.69 Å². The topological polar surface area (TPSA) is 55.6 Å². The van der Waals surface area contributed by atoms with Crippen molar-refractivity contribution in [3.05, 3.63) is 36.2 Å². The molecule has 1 unspecified atom stereocenters. The number of rotatable bonds is 4. The van der Waals surface area contributed by atoms with Crippen LogP contribution >= 0.6 is 0 Å². The summed E-state index contributed by atoms with van der Waals surface area (Å²) in [5.74, 6) is 2.56. The Morgan fingerprint density at radius 2 is 2.41 bits per heavy atom. The van der Waals surface area contributed by atoms with Gasteiger partial charge in [-0.15, -0.1) is 11.5 Å². The fraction of sp³-hybridized carbons (Fsp3) is 0.250. The summed E-state index contributed by atoms with van der Waals surface area (Å²) in [5.41, 5.74) is 2.08. The first kappa shape index (κ1) is 11.3. The van der Waals surface area contributed by atoms with Crippen molar-refractivity contribution in [3.8, 4) is 18.0 Å². The molecule has 0 amide bonds. The summed E-state index contributed by atoms with van der Waals surface area (Å²) in [6.07, 6.45) is 6.79. The largest absolute Gasteiger partial charge is 0.300 e. The lowest BCUT2D eigenvalue weighted by Crippen LogP contribution is -2.18. The highest BCUT2D eigenvalue weighted by atomic mass is 15.5. The molecule has 0 aliphatic carbocycles. The van der Waals surface area contributed by atoms with Crippen LogP contribution in [0.5, 0.6) is 0 Å². The Balaban J connectivity index is 2.20. The van der Waals surface area contributed by atoms with Crippen LogP contribution in [0.4, 0.5) is 0 Å². The summed E-state index contributed by atoms with van der Waals surface area (Å²) in [4.78, 5) is 0. The zero-order valence-corrected chi connectivity index (χ0v) is 9.54. The number of nitrogens with zero attached hydrogens (tertiary/aromatic N) is 4. The van der Waals surface area contributed by atoms with Gasteiger partial charge >= 0.3 is 0 Å². The van der Waals surface area contributed by atoms with Crippen molar-refractivity contribution in [1.82, 2.24) is 25.5 Å². The molecule has 1 aromatic carbocycles. The van der Waals surface area contributed by atoms with Gasteiger partial charge in [0.2, 0.25) is 0 Å². The van der Waals surface area contributed by atoms with Crippen LogP contribution in [0, 0.1) is 12.3 Å². The maximum atomic E-state index is 5.22. The standard InChI is InChI=1S/C12H13N5/c1-3-7-13-10(2)11-5-4-6-12(8-11)17-9-14-15-16-17/h1,4-6,8-10,13H,7H2,2H3. The van der Waals surface area contributed by atoms with Gasteiger partial charge in [0, 0.05) is 6.04 Å². The summed E-state index contributed by atoms with van der Waals surface area (Å²) in [6, 6.07) is 8.20. The number of benzene rings is 1. The number of hydrogen-bond acceptors (Lipinski definition) is 4. The second-order valence-corrected chi connectivity index (χ2v) is 3.66. The minimum atomic E-state index is 0.197. The van der Waals surface area contributed by atoms with Crippen molar-refractivity contribution >= 4 is 0 Å². The molecule has 86 valence electrons. The lowest BCUT2D eigenvalue weighted by atomic mass is 10.1. The van der Waals surface area contributed by atoms with Crippen molar-refractivity contribution in [3.63, 3.8) is 0 Å². The number of aromatic nitrogens is 4. The minimum absolute atomic E-state index is 0.197. The average molecular weight is 227 g/mol. The van der Waals surface area contributed by atoms with Crippen molar-refractivity contribution in [2.75, 3.05) is 6.54 Å². The third-order valence-corrected chi connectivity index (χ3v) is 2.49. The maximum Gasteiger partial charge on any atom is 0.143 e. The van der Waals surface area contributed by atoms with Crippen LogP contribution in [0.1, 0.15) is 18.5 Å². The summed E-state index contributed by atoms with van der Waals surface area (Å²) < 4.78 is 1.62. The Morgan fingerprint density at radius 1 is 1.53 bits per heavy atom. The fourth-order valence-electron chi connectivity index (χ4n) is 1.55. The number of nitrogens with one attached hydrogen (secondary N) is 1. The van der Waals surface area contributed by atoms with Gasteiger partial charge in [-0.2, -0.15) is 0 Å². The summed E-state index contributed by atoms with van der Waals surface area (Å²) in [5, 5.41) is 14.3. The molecule has 17 heavy (non-hydrogen) atoms. The minimum Gasteiger partial charge on any atom is -0.300 e. The Kier molecular flexibility index (Phi) is 3.48. The molecule has 5 heteroatoms. The molecule has 1 atom stereocenters. The van der Waals surface area contributed by atoms with Gasteiger partial charge in [0.1, 0.15) is 6.33 Å².